The van der Waals surface area contributed by atoms with Gasteiger partial charge < -0.3 is 4.90 Å². The molecule has 0 spiro atoms. The number of carbonyl (C=O) groups excluding carboxylic acids is 1. The van der Waals surface area contributed by atoms with Crippen LogP contribution in [-0.2, 0) is 17.9 Å². The highest BCUT2D eigenvalue weighted by Crippen LogP contribution is 2.22. The Balaban J connectivity index is 1.55. The first-order valence-corrected chi connectivity index (χ1v) is 9.22. The van der Waals surface area contributed by atoms with Gasteiger partial charge in [0.2, 0.25) is 5.91 Å². The Morgan fingerprint density at radius 2 is 1.80 bits per heavy atom. The molecule has 0 unspecified atom stereocenters. The summed E-state index contributed by atoms with van der Waals surface area (Å²) in [5.41, 5.74) is 2.12. The van der Waals surface area contributed by atoms with Crippen molar-refractivity contribution in [1.82, 2.24) is 14.8 Å². The third-order valence-corrected chi connectivity index (χ3v) is 5.18. The van der Waals surface area contributed by atoms with Crippen molar-refractivity contribution in [3.8, 4) is 0 Å². The number of benzene rings is 2. The van der Waals surface area contributed by atoms with Crippen LogP contribution in [0.15, 0.2) is 48.5 Å². The maximum Gasteiger partial charge on any atom is 0.236 e. The van der Waals surface area contributed by atoms with Gasteiger partial charge in [-0.15, -0.1) is 11.3 Å². The Hall–Kier alpha value is -1.95. The second-order valence-electron chi connectivity index (χ2n) is 6.12. The molecule has 0 saturated carbocycles. The van der Waals surface area contributed by atoms with Gasteiger partial charge in [0.05, 0.1) is 23.3 Å². The second kappa shape index (κ2) is 7.95. The fraction of sp³-hybridized carbons (Fsp3) is 0.263. The number of fused-ring (bicyclic) bond motifs is 1. The molecular weight excluding hydrogens is 354 g/mol. The van der Waals surface area contributed by atoms with Gasteiger partial charge in [0.15, 0.2) is 0 Å². The molecule has 0 saturated heterocycles. The quantitative estimate of drug-likeness (QED) is 0.654. The molecule has 0 fully saturated rings. The van der Waals surface area contributed by atoms with E-state index in [1.807, 2.05) is 61.5 Å². The molecule has 1 aromatic heterocycles. The number of amides is 1. The number of hydrogen-bond acceptors (Lipinski definition) is 4. The lowest BCUT2D eigenvalue weighted by atomic mass is 10.2. The van der Waals surface area contributed by atoms with Crippen molar-refractivity contribution >= 4 is 39.1 Å². The van der Waals surface area contributed by atoms with E-state index in [0.717, 1.165) is 25.8 Å². The number of halogens is 1. The molecule has 1 heterocycles. The fourth-order valence-electron chi connectivity index (χ4n) is 2.59. The van der Waals surface area contributed by atoms with Crippen molar-refractivity contribution in [3.63, 3.8) is 0 Å². The molecule has 0 aliphatic carbocycles. The number of aromatic nitrogens is 1. The van der Waals surface area contributed by atoms with Crippen LogP contribution in [0.4, 0.5) is 0 Å². The number of hydrogen-bond donors (Lipinski definition) is 0. The highest BCUT2D eigenvalue weighted by molar-refractivity contribution is 7.18. The third-order valence-electron chi connectivity index (χ3n) is 3.91. The first-order chi connectivity index (χ1) is 12.0. The largest absolute Gasteiger partial charge is 0.338 e. The SMILES string of the molecule is CN(CC(=O)N(C)Cc1nc2ccccc2s1)Cc1ccc(Cl)cc1. The zero-order valence-electron chi connectivity index (χ0n) is 14.3. The summed E-state index contributed by atoms with van der Waals surface area (Å²) in [5, 5.41) is 1.68. The molecule has 1 amide bonds. The van der Waals surface area contributed by atoms with E-state index in [2.05, 4.69) is 11.1 Å². The molecule has 130 valence electrons. The smallest absolute Gasteiger partial charge is 0.236 e. The Labute approximate surface area is 156 Å². The molecule has 3 aromatic rings. The van der Waals surface area contributed by atoms with Crippen molar-refractivity contribution in [1.29, 1.82) is 0 Å². The third kappa shape index (κ3) is 4.78. The molecular formula is C19H20ClN3OS. The van der Waals surface area contributed by atoms with Gasteiger partial charge in [0, 0.05) is 18.6 Å². The van der Waals surface area contributed by atoms with Gasteiger partial charge in [-0.25, -0.2) is 4.98 Å². The van der Waals surface area contributed by atoms with E-state index in [1.54, 1.807) is 16.2 Å². The highest BCUT2D eigenvalue weighted by atomic mass is 35.5. The minimum Gasteiger partial charge on any atom is -0.338 e. The number of carbonyl (C=O) groups is 1. The van der Waals surface area contributed by atoms with Gasteiger partial charge in [-0.1, -0.05) is 35.9 Å². The lowest BCUT2D eigenvalue weighted by Gasteiger charge is -2.21. The summed E-state index contributed by atoms with van der Waals surface area (Å²) < 4.78 is 1.15. The molecule has 6 heteroatoms. The van der Waals surface area contributed by atoms with Crippen LogP contribution in [0.2, 0.25) is 5.02 Å². The number of rotatable bonds is 6. The molecule has 0 aliphatic rings. The first-order valence-electron chi connectivity index (χ1n) is 8.02. The summed E-state index contributed by atoms with van der Waals surface area (Å²) in [6.07, 6.45) is 0. The number of nitrogens with zero attached hydrogens (tertiary/aromatic N) is 3. The normalized spacial score (nSPS) is 11.2. The average molecular weight is 374 g/mol. The Morgan fingerprint density at radius 3 is 2.52 bits per heavy atom. The van der Waals surface area contributed by atoms with Crippen LogP contribution in [0.1, 0.15) is 10.6 Å². The lowest BCUT2D eigenvalue weighted by Crippen LogP contribution is -2.36. The van der Waals surface area contributed by atoms with Crippen LogP contribution >= 0.6 is 22.9 Å². The van der Waals surface area contributed by atoms with E-state index >= 15 is 0 Å². The molecule has 0 atom stereocenters. The monoisotopic (exact) mass is 373 g/mol. The topological polar surface area (TPSA) is 36.4 Å². The standard InChI is InChI=1S/C19H20ClN3OS/c1-22(11-14-7-9-15(20)10-8-14)13-19(24)23(2)12-18-21-16-5-3-4-6-17(16)25-18/h3-10H,11-13H2,1-2H3. The molecule has 0 aliphatic heterocycles. The van der Waals surface area contributed by atoms with Crippen LogP contribution in [0.5, 0.6) is 0 Å². The summed E-state index contributed by atoms with van der Waals surface area (Å²) in [5.74, 6) is 0.0794. The van der Waals surface area contributed by atoms with E-state index < -0.39 is 0 Å². The molecule has 4 nitrogen and oxygen atoms in total. The Kier molecular flexibility index (Phi) is 5.68. The molecule has 3 rings (SSSR count). The van der Waals surface area contributed by atoms with E-state index in [-0.39, 0.29) is 5.91 Å². The second-order valence-corrected chi connectivity index (χ2v) is 7.68. The fourth-order valence-corrected chi connectivity index (χ4v) is 3.73. The minimum absolute atomic E-state index is 0.0794. The number of para-hydroxylation sites is 1. The average Bonchev–Trinajstić information content (AvgIpc) is 2.99. The van der Waals surface area contributed by atoms with Crippen molar-refractivity contribution in [2.24, 2.45) is 0 Å². The summed E-state index contributed by atoms with van der Waals surface area (Å²) in [7, 11) is 3.77. The van der Waals surface area contributed by atoms with E-state index in [0.29, 0.717) is 19.6 Å². The van der Waals surface area contributed by atoms with Crippen LogP contribution in [-0.4, -0.2) is 41.3 Å². The van der Waals surface area contributed by atoms with Crippen molar-refractivity contribution in [2.45, 2.75) is 13.1 Å². The molecule has 0 radical (unpaired) electrons. The predicted molar refractivity (Wildman–Crippen MR) is 104 cm³/mol. The summed E-state index contributed by atoms with van der Waals surface area (Å²) in [4.78, 5) is 20.8. The lowest BCUT2D eigenvalue weighted by molar-refractivity contribution is -0.131. The van der Waals surface area contributed by atoms with E-state index in [9.17, 15) is 4.79 Å². The minimum atomic E-state index is 0.0794. The summed E-state index contributed by atoms with van der Waals surface area (Å²) in [6, 6.07) is 15.7. The Morgan fingerprint density at radius 1 is 1.08 bits per heavy atom. The van der Waals surface area contributed by atoms with Gasteiger partial charge in [-0.05, 0) is 36.9 Å². The van der Waals surface area contributed by atoms with Crippen LogP contribution in [0.3, 0.4) is 0 Å². The number of likely N-dealkylation sites (N-methyl/N-ethyl adjacent to an activating group) is 2. The summed E-state index contributed by atoms with van der Waals surface area (Å²) >= 11 is 7.54. The van der Waals surface area contributed by atoms with Crippen molar-refractivity contribution < 1.29 is 4.79 Å². The van der Waals surface area contributed by atoms with Gasteiger partial charge >= 0.3 is 0 Å². The van der Waals surface area contributed by atoms with Gasteiger partial charge in [-0.3, -0.25) is 9.69 Å². The maximum atomic E-state index is 12.5. The molecule has 25 heavy (non-hydrogen) atoms. The Bertz CT molecular complexity index is 829. The highest BCUT2D eigenvalue weighted by Gasteiger charge is 2.14. The van der Waals surface area contributed by atoms with Crippen molar-refractivity contribution in [3.05, 3.63) is 64.1 Å². The van der Waals surface area contributed by atoms with E-state index in [1.165, 1.54) is 0 Å². The molecule has 2 aromatic carbocycles. The van der Waals surface area contributed by atoms with Crippen LogP contribution in [0, 0.1) is 0 Å². The van der Waals surface area contributed by atoms with Gasteiger partial charge in [0.1, 0.15) is 5.01 Å². The van der Waals surface area contributed by atoms with Crippen molar-refractivity contribution in [2.75, 3.05) is 20.6 Å². The first kappa shape index (κ1) is 17.9. The van der Waals surface area contributed by atoms with E-state index in [4.69, 9.17) is 11.6 Å². The predicted octanol–water partition coefficient (Wildman–Crippen LogP) is 4.04. The van der Waals surface area contributed by atoms with Gasteiger partial charge in [-0.2, -0.15) is 0 Å². The molecule has 0 N–H and O–H groups in total. The number of thiazole rings is 1. The van der Waals surface area contributed by atoms with Crippen LogP contribution in [0.25, 0.3) is 10.2 Å². The molecule has 0 bridgehead atoms. The zero-order valence-corrected chi connectivity index (χ0v) is 15.8. The zero-order chi connectivity index (χ0) is 17.8. The summed E-state index contributed by atoms with van der Waals surface area (Å²) in [6.45, 7) is 1.61. The maximum absolute atomic E-state index is 12.5. The van der Waals surface area contributed by atoms with Crippen LogP contribution < -0.4 is 0 Å². The van der Waals surface area contributed by atoms with Gasteiger partial charge in [0.25, 0.3) is 0 Å².